The van der Waals surface area contributed by atoms with Gasteiger partial charge in [-0.25, -0.2) is 0 Å². The van der Waals surface area contributed by atoms with E-state index in [4.69, 9.17) is 16.3 Å². The van der Waals surface area contributed by atoms with Crippen molar-refractivity contribution in [2.24, 2.45) is 0 Å². The van der Waals surface area contributed by atoms with Gasteiger partial charge in [0.1, 0.15) is 17.2 Å². The highest BCUT2D eigenvalue weighted by Crippen LogP contribution is 2.32. The fourth-order valence-electron chi connectivity index (χ4n) is 2.48. The molecule has 2 amide bonds. The number of halogens is 4. The summed E-state index contributed by atoms with van der Waals surface area (Å²) in [7, 11) is 3.71. The molecule has 0 aromatic heterocycles. The van der Waals surface area contributed by atoms with E-state index in [9.17, 15) is 27.6 Å². The number of hydrogen-bond acceptors (Lipinski definition) is 5. The summed E-state index contributed by atoms with van der Waals surface area (Å²) in [4.78, 5) is 35.0. The molecule has 0 bridgehead atoms. The highest BCUT2D eigenvalue weighted by molar-refractivity contribution is 6.29. The summed E-state index contributed by atoms with van der Waals surface area (Å²) in [6.45, 7) is 0.828. The van der Waals surface area contributed by atoms with Gasteiger partial charge in [-0.15, -0.1) is 11.6 Å². The van der Waals surface area contributed by atoms with Crippen LogP contribution in [0.2, 0.25) is 0 Å². The molecule has 7 nitrogen and oxygen atoms in total. The topological polar surface area (TPSA) is 87.7 Å². The van der Waals surface area contributed by atoms with E-state index < -0.39 is 34.3 Å². The van der Waals surface area contributed by atoms with Crippen LogP contribution in [-0.2, 0) is 14.4 Å². The standard InChI is InChI=1S/C19H19ClF3N3O4/c1-11(27)24-16-8-15(28)14(25-17(29)19(21,22)23)9-18(16,20)10-30-13-6-4-12(5-7-13)26(2)3/h4-9H,10H2,1-3H3,(H,24,27)(H,25,29). The lowest BCUT2D eigenvalue weighted by molar-refractivity contribution is -0.172. The molecular formula is C19H19ClF3N3O4. The van der Waals surface area contributed by atoms with Gasteiger partial charge in [0.25, 0.3) is 0 Å². The van der Waals surface area contributed by atoms with E-state index in [1.807, 2.05) is 19.0 Å². The van der Waals surface area contributed by atoms with E-state index in [0.717, 1.165) is 17.8 Å². The summed E-state index contributed by atoms with van der Waals surface area (Å²) in [5.41, 5.74) is 0.145. The molecule has 11 heteroatoms. The molecule has 2 rings (SSSR count). The molecule has 0 heterocycles. The molecule has 1 unspecified atom stereocenters. The lowest BCUT2D eigenvalue weighted by Gasteiger charge is -2.30. The highest BCUT2D eigenvalue weighted by atomic mass is 35.5. The van der Waals surface area contributed by atoms with E-state index in [1.165, 1.54) is 12.2 Å². The predicted octanol–water partition coefficient (Wildman–Crippen LogP) is 2.27. The number of amides is 2. The number of anilines is 1. The minimum Gasteiger partial charge on any atom is -0.491 e. The van der Waals surface area contributed by atoms with Crippen molar-refractivity contribution < 1.29 is 32.3 Å². The number of carbonyl (C=O) groups excluding carboxylic acids is 3. The fourth-order valence-corrected chi connectivity index (χ4v) is 2.74. The van der Waals surface area contributed by atoms with E-state index in [2.05, 4.69) is 5.32 Å². The second-order valence-electron chi connectivity index (χ2n) is 6.65. The lowest BCUT2D eigenvalue weighted by atomic mass is 9.95. The average Bonchev–Trinajstić information content (AvgIpc) is 2.63. The molecule has 1 aromatic carbocycles. The molecule has 162 valence electrons. The summed E-state index contributed by atoms with van der Waals surface area (Å²) in [6, 6.07) is 6.86. The summed E-state index contributed by atoms with van der Waals surface area (Å²) in [5, 5.41) is 3.87. The number of carbonyl (C=O) groups is 3. The molecule has 0 fully saturated rings. The molecular weight excluding hydrogens is 427 g/mol. The van der Waals surface area contributed by atoms with Gasteiger partial charge < -0.3 is 20.3 Å². The first kappa shape index (κ1) is 23.3. The van der Waals surface area contributed by atoms with Crippen molar-refractivity contribution in [1.29, 1.82) is 0 Å². The Hall–Kier alpha value is -3.01. The Morgan fingerprint density at radius 3 is 2.27 bits per heavy atom. The molecule has 1 aliphatic rings. The maximum atomic E-state index is 12.5. The molecule has 1 aliphatic carbocycles. The molecule has 0 spiro atoms. The van der Waals surface area contributed by atoms with Crippen LogP contribution in [-0.4, -0.2) is 49.4 Å². The Morgan fingerprint density at radius 1 is 1.17 bits per heavy atom. The first-order valence-electron chi connectivity index (χ1n) is 8.56. The zero-order valence-electron chi connectivity index (χ0n) is 16.3. The van der Waals surface area contributed by atoms with Crippen molar-refractivity contribution in [3.05, 3.63) is 47.8 Å². The van der Waals surface area contributed by atoms with Crippen LogP contribution in [0.1, 0.15) is 6.92 Å². The minimum atomic E-state index is -5.19. The summed E-state index contributed by atoms with van der Waals surface area (Å²) >= 11 is 6.50. The normalized spacial score (nSPS) is 18.8. The zero-order chi connectivity index (χ0) is 22.7. The first-order valence-corrected chi connectivity index (χ1v) is 8.94. The van der Waals surface area contributed by atoms with Gasteiger partial charge >= 0.3 is 12.1 Å². The number of benzene rings is 1. The Bertz CT molecular complexity index is 911. The largest absolute Gasteiger partial charge is 0.491 e. The number of alkyl halides is 4. The second-order valence-corrected chi connectivity index (χ2v) is 7.33. The van der Waals surface area contributed by atoms with Gasteiger partial charge in [-0.1, -0.05) is 0 Å². The lowest BCUT2D eigenvalue weighted by Crippen LogP contribution is -2.45. The van der Waals surface area contributed by atoms with Crippen LogP contribution < -0.4 is 20.3 Å². The van der Waals surface area contributed by atoms with E-state index in [-0.39, 0.29) is 12.3 Å². The van der Waals surface area contributed by atoms with Crippen molar-refractivity contribution in [2.45, 2.75) is 18.0 Å². The number of hydrogen-bond donors (Lipinski definition) is 2. The number of allylic oxidation sites excluding steroid dienone is 1. The minimum absolute atomic E-state index is 0.0865. The Labute approximate surface area is 175 Å². The highest BCUT2D eigenvalue weighted by Gasteiger charge is 2.42. The summed E-state index contributed by atoms with van der Waals surface area (Å²) in [6.07, 6.45) is -3.43. The number of nitrogens with one attached hydrogen (secondary N) is 2. The summed E-state index contributed by atoms with van der Waals surface area (Å²) < 4.78 is 43.3. The third-order valence-corrected chi connectivity index (χ3v) is 4.40. The number of ketones is 1. The van der Waals surface area contributed by atoms with Gasteiger partial charge in [0.15, 0.2) is 0 Å². The quantitative estimate of drug-likeness (QED) is 0.656. The third-order valence-electron chi connectivity index (χ3n) is 3.98. The van der Waals surface area contributed by atoms with Crippen LogP contribution in [0.3, 0.4) is 0 Å². The van der Waals surface area contributed by atoms with Crippen molar-refractivity contribution in [2.75, 3.05) is 25.6 Å². The van der Waals surface area contributed by atoms with Crippen LogP contribution in [0.15, 0.2) is 47.8 Å². The van der Waals surface area contributed by atoms with Crippen LogP contribution in [0.4, 0.5) is 18.9 Å². The average molecular weight is 446 g/mol. The Kier molecular flexibility index (Phi) is 6.81. The van der Waals surface area contributed by atoms with Gasteiger partial charge in [0.05, 0.1) is 11.4 Å². The molecule has 1 atom stereocenters. The van der Waals surface area contributed by atoms with Crippen LogP contribution in [0, 0.1) is 0 Å². The van der Waals surface area contributed by atoms with Crippen molar-refractivity contribution in [3.63, 3.8) is 0 Å². The molecule has 30 heavy (non-hydrogen) atoms. The molecule has 0 saturated carbocycles. The predicted molar refractivity (Wildman–Crippen MR) is 104 cm³/mol. The Morgan fingerprint density at radius 2 is 1.77 bits per heavy atom. The van der Waals surface area contributed by atoms with Crippen molar-refractivity contribution in [3.8, 4) is 5.75 Å². The van der Waals surface area contributed by atoms with Crippen LogP contribution in [0.25, 0.3) is 0 Å². The van der Waals surface area contributed by atoms with Crippen molar-refractivity contribution in [1.82, 2.24) is 10.6 Å². The summed E-state index contributed by atoms with van der Waals surface area (Å²) in [5.74, 6) is -3.43. The van der Waals surface area contributed by atoms with Gasteiger partial charge in [-0.05, 0) is 30.3 Å². The third kappa shape index (κ3) is 5.76. The first-order chi connectivity index (χ1) is 13.8. The van der Waals surface area contributed by atoms with Gasteiger partial charge in [-0.3, -0.25) is 14.4 Å². The molecule has 2 N–H and O–H groups in total. The van der Waals surface area contributed by atoms with Gasteiger partial charge in [-0.2, -0.15) is 13.2 Å². The fraction of sp³-hybridized carbons (Fsp3) is 0.316. The maximum absolute atomic E-state index is 12.5. The monoisotopic (exact) mass is 445 g/mol. The van der Waals surface area contributed by atoms with E-state index >= 15 is 0 Å². The van der Waals surface area contributed by atoms with E-state index in [1.54, 1.807) is 24.3 Å². The van der Waals surface area contributed by atoms with Gasteiger partial charge in [0, 0.05) is 32.8 Å². The number of ether oxygens (including phenoxy) is 1. The number of nitrogens with zero attached hydrogens (tertiary/aromatic N) is 1. The van der Waals surface area contributed by atoms with Gasteiger partial charge in [0.2, 0.25) is 11.7 Å². The van der Waals surface area contributed by atoms with Crippen LogP contribution >= 0.6 is 11.6 Å². The molecule has 0 aliphatic heterocycles. The van der Waals surface area contributed by atoms with Crippen LogP contribution in [0.5, 0.6) is 5.75 Å². The smallest absolute Gasteiger partial charge is 0.471 e. The SMILES string of the molecule is CC(=O)NC1=CC(=O)C(NC(=O)C(F)(F)F)=CC1(Cl)COc1ccc(N(C)C)cc1. The molecule has 0 saturated heterocycles. The molecule has 1 aromatic rings. The second kappa shape index (κ2) is 8.78. The zero-order valence-corrected chi connectivity index (χ0v) is 17.0. The maximum Gasteiger partial charge on any atom is 0.471 e. The number of rotatable bonds is 6. The van der Waals surface area contributed by atoms with Crippen molar-refractivity contribution >= 4 is 34.9 Å². The molecule has 0 radical (unpaired) electrons. The Balaban J connectivity index is 2.28. The van der Waals surface area contributed by atoms with E-state index in [0.29, 0.717) is 5.75 Å².